The number of nitrogens with one attached hydrogen (secondary N) is 1. The summed E-state index contributed by atoms with van der Waals surface area (Å²) in [5, 5.41) is 8.91. The maximum Gasteiger partial charge on any atom is 0.337 e. The number of carboxylic acids is 1. The van der Waals surface area contributed by atoms with Gasteiger partial charge in [-0.1, -0.05) is 0 Å². The van der Waals surface area contributed by atoms with Crippen LogP contribution in [-0.4, -0.2) is 29.1 Å². The van der Waals surface area contributed by atoms with Gasteiger partial charge in [0.25, 0.3) is 5.56 Å². The summed E-state index contributed by atoms with van der Waals surface area (Å²) in [6.45, 7) is 0. The van der Waals surface area contributed by atoms with Crippen molar-refractivity contribution >= 4 is 11.9 Å². The summed E-state index contributed by atoms with van der Waals surface area (Å²) in [5.41, 5.74) is -0.804. The fourth-order valence-corrected chi connectivity index (χ4v) is 1.80. The molecule has 0 radical (unpaired) electrons. The first-order chi connectivity index (χ1) is 9.92. The number of halogens is 1. The first-order valence-electron chi connectivity index (χ1n) is 5.77. The Morgan fingerprint density at radius 3 is 2.52 bits per heavy atom. The van der Waals surface area contributed by atoms with Gasteiger partial charge in [0.15, 0.2) is 0 Å². The zero-order valence-corrected chi connectivity index (χ0v) is 10.8. The van der Waals surface area contributed by atoms with E-state index in [0.717, 1.165) is 31.5 Å². The molecule has 0 aliphatic heterocycles. The summed E-state index contributed by atoms with van der Waals surface area (Å²) >= 11 is 0. The van der Waals surface area contributed by atoms with Gasteiger partial charge in [-0.15, -0.1) is 0 Å². The SMILES string of the molecule is COC(=O)c1cc(F)cc(-c2cc(C(=O)O)c[nH]c2=O)c1. The Morgan fingerprint density at radius 2 is 1.90 bits per heavy atom. The molecule has 0 aliphatic rings. The van der Waals surface area contributed by atoms with E-state index in [4.69, 9.17) is 5.11 Å². The Kier molecular flexibility index (Phi) is 3.84. The molecule has 1 heterocycles. The van der Waals surface area contributed by atoms with Gasteiger partial charge in [-0.3, -0.25) is 4.79 Å². The lowest BCUT2D eigenvalue weighted by Gasteiger charge is -2.05. The Labute approximate surface area is 117 Å². The van der Waals surface area contributed by atoms with Crippen molar-refractivity contribution in [1.82, 2.24) is 4.98 Å². The van der Waals surface area contributed by atoms with Crippen molar-refractivity contribution in [3.05, 3.63) is 57.8 Å². The molecule has 0 aliphatic carbocycles. The molecular formula is C14H10FNO5. The average Bonchev–Trinajstić information content (AvgIpc) is 2.45. The second-order valence-corrected chi connectivity index (χ2v) is 4.16. The van der Waals surface area contributed by atoms with Crippen LogP contribution in [0.1, 0.15) is 20.7 Å². The van der Waals surface area contributed by atoms with Gasteiger partial charge in [0.05, 0.1) is 18.2 Å². The number of hydrogen-bond acceptors (Lipinski definition) is 4. The Bertz CT molecular complexity index is 781. The lowest BCUT2D eigenvalue weighted by molar-refractivity contribution is 0.0599. The van der Waals surface area contributed by atoms with Crippen LogP contribution >= 0.6 is 0 Å². The number of ether oxygens (including phenoxy) is 1. The van der Waals surface area contributed by atoms with Gasteiger partial charge in [-0.05, 0) is 29.8 Å². The quantitative estimate of drug-likeness (QED) is 0.838. The van der Waals surface area contributed by atoms with Gasteiger partial charge in [0.1, 0.15) is 5.82 Å². The second-order valence-electron chi connectivity index (χ2n) is 4.16. The highest BCUT2D eigenvalue weighted by molar-refractivity contribution is 5.92. The number of methoxy groups -OCH3 is 1. The van der Waals surface area contributed by atoms with Crippen LogP contribution in [0.5, 0.6) is 0 Å². The van der Waals surface area contributed by atoms with Gasteiger partial charge in [0, 0.05) is 11.8 Å². The number of rotatable bonds is 3. The summed E-state index contributed by atoms with van der Waals surface area (Å²) in [4.78, 5) is 36.4. The van der Waals surface area contributed by atoms with Crippen molar-refractivity contribution < 1.29 is 23.8 Å². The maximum atomic E-state index is 13.6. The number of aromatic amines is 1. The van der Waals surface area contributed by atoms with Crippen LogP contribution in [-0.2, 0) is 4.74 Å². The summed E-state index contributed by atoms with van der Waals surface area (Å²) < 4.78 is 18.1. The third-order valence-electron chi connectivity index (χ3n) is 2.78. The van der Waals surface area contributed by atoms with Crippen LogP contribution in [0.25, 0.3) is 11.1 Å². The molecule has 21 heavy (non-hydrogen) atoms. The standard InChI is InChI=1S/C14H10FNO5/c1-21-14(20)8-2-7(3-10(15)4-8)11-5-9(13(18)19)6-16-12(11)17/h2-6H,1H3,(H,16,17)(H,18,19). The molecule has 2 N–H and O–H groups in total. The third kappa shape index (κ3) is 2.97. The topological polar surface area (TPSA) is 96.5 Å². The number of pyridine rings is 1. The fourth-order valence-electron chi connectivity index (χ4n) is 1.80. The predicted molar refractivity (Wildman–Crippen MR) is 70.8 cm³/mol. The van der Waals surface area contributed by atoms with Crippen LogP contribution < -0.4 is 5.56 Å². The van der Waals surface area contributed by atoms with Crippen molar-refractivity contribution in [3.8, 4) is 11.1 Å². The molecule has 0 saturated carbocycles. The number of carbonyl (C=O) groups is 2. The van der Waals surface area contributed by atoms with Crippen LogP contribution in [0.15, 0.2) is 35.3 Å². The molecule has 2 rings (SSSR count). The van der Waals surface area contributed by atoms with Gasteiger partial charge < -0.3 is 14.8 Å². The van der Waals surface area contributed by atoms with Crippen molar-refractivity contribution in [2.24, 2.45) is 0 Å². The minimum atomic E-state index is -1.24. The molecule has 6 nitrogen and oxygen atoms in total. The molecule has 7 heteroatoms. The van der Waals surface area contributed by atoms with E-state index >= 15 is 0 Å². The Balaban J connectivity index is 2.64. The number of H-pyrrole nitrogens is 1. The molecule has 2 aromatic rings. The molecular weight excluding hydrogens is 281 g/mol. The molecule has 0 saturated heterocycles. The van der Waals surface area contributed by atoms with Crippen LogP contribution in [0.4, 0.5) is 4.39 Å². The van der Waals surface area contributed by atoms with E-state index in [-0.39, 0.29) is 22.3 Å². The van der Waals surface area contributed by atoms with Gasteiger partial charge in [-0.2, -0.15) is 0 Å². The second kappa shape index (κ2) is 5.58. The number of aromatic carboxylic acids is 1. The molecule has 108 valence electrons. The summed E-state index contributed by atoms with van der Waals surface area (Å²) in [5.74, 6) is -2.74. The van der Waals surface area contributed by atoms with Gasteiger partial charge in [0.2, 0.25) is 0 Å². The van der Waals surface area contributed by atoms with Crippen molar-refractivity contribution in [3.63, 3.8) is 0 Å². The molecule has 0 atom stereocenters. The van der Waals surface area contributed by atoms with E-state index in [2.05, 4.69) is 9.72 Å². The minimum Gasteiger partial charge on any atom is -0.478 e. The average molecular weight is 291 g/mol. The minimum absolute atomic E-state index is 0.0560. The molecule has 0 amide bonds. The summed E-state index contributed by atoms with van der Waals surface area (Å²) in [6.07, 6.45) is 1.04. The molecule has 0 bridgehead atoms. The highest BCUT2D eigenvalue weighted by Gasteiger charge is 2.14. The number of benzene rings is 1. The smallest absolute Gasteiger partial charge is 0.337 e. The number of carboxylic acid groups (broad SMARTS) is 1. The van der Waals surface area contributed by atoms with Crippen LogP contribution in [0, 0.1) is 5.82 Å². The summed E-state index contributed by atoms with van der Waals surface area (Å²) in [6, 6.07) is 4.36. The summed E-state index contributed by atoms with van der Waals surface area (Å²) in [7, 11) is 1.14. The lowest BCUT2D eigenvalue weighted by Crippen LogP contribution is -2.12. The predicted octanol–water partition coefficient (Wildman–Crippen LogP) is 1.67. The van der Waals surface area contributed by atoms with Crippen molar-refractivity contribution in [2.45, 2.75) is 0 Å². The Hall–Kier alpha value is -2.96. The van der Waals surface area contributed by atoms with Crippen LogP contribution in [0.3, 0.4) is 0 Å². The highest BCUT2D eigenvalue weighted by Crippen LogP contribution is 2.20. The third-order valence-corrected chi connectivity index (χ3v) is 2.78. The van der Waals surface area contributed by atoms with Gasteiger partial charge >= 0.3 is 11.9 Å². The fraction of sp³-hybridized carbons (Fsp3) is 0.0714. The highest BCUT2D eigenvalue weighted by atomic mass is 19.1. The first kappa shape index (κ1) is 14.4. The van der Waals surface area contributed by atoms with E-state index < -0.39 is 23.3 Å². The monoisotopic (exact) mass is 291 g/mol. The van der Waals surface area contributed by atoms with Crippen molar-refractivity contribution in [2.75, 3.05) is 7.11 Å². The maximum absolute atomic E-state index is 13.6. The number of esters is 1. The number of hydrogen-bond donors (Lipinski definition) is 2. The Morgan fingerprint density at radius 1 is 1.19 bits per heavy atom. The lowest BCUT2D eigenvalue weighted by atomic mass is 10.0. The van der Waals surface area contributed by atoms with E-state index in [1.165, 1.54) is 6.07 Å². The van der Waals surface area contributed by atoms with E-state index in [1.807, 2.05) is 0 Å². The normalized spacial score (nSPS) is 10.2. The molecule has 1 aromatic carbocycles. The molecule has 0 unspecified atom stereocenters. The molecule has 0 fully saturated rings. The van der Waals surface area contributed by atoms with E-state index in [1.54, 1.807) is 0 Å². The molecule has 0 spiro atoms. The van der Waals surface area contributed by atoms with Crippen molar-refractivity contribution in [1.29, 1.82) is 0 Å². The number of aromatic nitrogens is 1. The largest absolute Gasteiger partial charge is 0.478 e. The molecule has 1 aromatic heterocycles. The van der Waals surface area contributed by atoms with Crippen LogP contribution in [0.2, 0.25) is 0 Å². The van der Waals surface area contributed by atoms with E-state index in [9.17, 15) is 18.8 Å². The zero-order valence-electron chi connectivity index (χ0n) is 10.8. The zero-order chi connectivity index (χ0) is 15.6. The van der Waals surface area contributed by atoms with E-state index in [0.29, 0.717) is 0 Å². The number of carbonyl (C=O) groups excluding carboxylic acids is 1. The first-order valence-corrected chi connectivity index (χ1v) is 5.77. The van der Waals surface area contributed by atoms with Gasteiger partial charge in [-0.25, -0.2) is 14.0 Å².